The number of hydrogen-bond donors (Lipinski definition) is 0. The largest absolute Gasteiger partial charge is 0.501 e. The van der Waals surface area contributed by atoms with E-state index >= 15 is 0 Å². The Morgan fingerprint density at radius 3 is 1.81 bits per heavy atom. The van der Waals surface area contributed by atoms with Gasteiger partial charge in [0.2, 0.25) is 0 Å². The van der Waals surface area contributed by atoms with Crippen LogP contribution in [0.25, 0.3) is 0 Å². The summed E-state index contributed by atoms with van der Waals surface area (Å²) < 4.78 is 23.4. The first kappa shape index (κ1) is 21.1. The first-order valence-corrected chi connectivity index (χ1v) is 10.7. The van der Waals surface area contributed by atoms with Crippen LogP contribution in [0.2, 0.25) is 6.04 Å². The molecule has 0 aromatic carbocycles. The third kappa shape index (κ3) is 11.3. The van der Waals surface area contributed by atoms with E-state index < -0.39 is 8.80 Å². The summed E-state index contributed by atoms with van der Waals surface area (Å²) >= 11 is 0. The van der Waals surface area contributed by atoms with Crippen LogP contribution in [-0.2, 0) is 18.0 Å². The second kappa shape index (κ2) is 15.0. The monoisotopic (exact) mass is 320 g/mol. The molecule has 0 aromatic rings. The molecule has 0 aliphatic heterocycles. The lowest BCUT2D eigenvalue weighted by Crippen LogP contribution is -2.46. The summed E-state index contributed by atoms with van der Waals surface area (Å²) in [6, 6.07) is 0.915. The molecule has 21 heavy (non-hydrogen) atoms. The molecular weight excluding hydrogens is 284 g/mol. The summed E-state index contributed by atoms with van der Waals surface area (Å²) in [6.45, 7) is 11.7. The molecule has 128 valence electrons. The van der Waals surface area contributed by atoms with Gasteiger partial charge >= 0.3 is 8.80 Å². The number of unbranched alkanes of at least 4 members (excludes halogenated alkanes) is 4. The topological polar surface area (TPSA) is 36.9 Å². The molecule has 0 amide bonds. The van der Waals surface area contributed by atoms with Crippen molar-refractivity contribution >= 4 is 8.80 Å². The van der Waals surface area contributed by atoms with Crippen molar-refractivity contribution in [3.8, 4) is 0 Å². The van der Waals surface area contributed by atoms with E-state index in [2.05, 4.69) is 13.8 Å². The van der Waals surface area contributed by atoms with E-state index in [4.69, 9.17) is 18.0 Å². The molecule has 0 atom stereocenters. The van der Waals surface area contributed by atoms with Gasteiger partial charge in [-0.15, -0.1) is 0 Å². The molecule has 0 spiro atoms. The molecule has 0 saturated heterocycles. The van der Waals surface area contributed by atoms with Crippen molar-refractivity contribution in [1.82, 2.24) is 0 Å². The molecule has 0 N–H and O–H groups in total. The van der Waals surface area contributed by atoms with E-state index in [1.54, 1.807) is 0 Å². The molecule has 0 aliphatic rings. The van der Waals surface area contributed by atoms with Gasteiger partial charge in [-0.3, -0.25) is 0 Å². The van der Waals surface area contributed by atoms with E-state index in [1.807, 2.05) is 13.8 Å². The summed E-state index contributed by atoms with van der Waals surface area (Å²) in [5.74, 6) is 0. The van der Waals surface area contributed by atoms with Crippen LogP contribution in [0.3, 0.4) is 0 Å². The number of ether oxygens (including phenoxy) is 1. The highest BCUT2D eigenvalue weighted by Gasteiger charge is 2.39. The number of rotatable bonds is 16. The summed E-state index contributed by atoms with van der Waals surface area (Å²) in [7, 11) is -2.49. The van der Waals surface area contributed by atoms with Crippen molar-refractivity contribution in [2.45, 2.75) is 72.3 Å². The Bertz CT molecular complexity index is 208. The molecule has 5 heteroatoms. The zero-order valence-corrected chi connectivity index (χ0v) is 15.6. The van der Waals surface area contributed by atoms with Gasteiger partial charge in [0.05, 0.1) is 13.2 Å². The first-order chi connectivity index (χ1) is 10.2. The standard InChI is InChI=1S/C16H36O4Si/c1-5-9-11-13-17-14-15-20-21(18-7-3,19-8-4)16-12-10-6-2/h5-16H2,1-4H3. The average Bonchev–Trinajstić information content (AvgIpc) is 2.47. The van der Waals surface area contributed by atoms with Crippen LogP contribution < -0.4 is 0 Å². The Hall–Kier alpha value is 0.0569. The van der Waals surface area contributed by atoms with E-state index in [-0.39, 0.29) is 0 Å². The third-order valence-electron chi connectivity index (χ3n) is 3.26. The molecule has 0 unspecified atom stereocenters. The molecule has 0 rings (SSSR count). The Kier molecular flexibility index (Phi) is 15.0. The Morgan fingerprint density at radius 2 is 1.24 bits per heavy atom. The predicted molar refractivity (Wildman–Crippen MR) is 89.6 cm³/mol. The molecule has 0 heterocycles. The van der Waals surface area contributed by atoms with Crippen molar-refractivity contribution in [1.29, 1.82) is 0 Å². The van der Waals surface area contributed by atoms with Crippen LogP contribution in [0.5, 0.6) is 0 Å². The molecule has 0 aromatic heterocycles. The Balaban J connectivity index is 4.05. The lowest BCUT2D eigenvalue weighted by Gasteiger charge is -2.29. The highest BCUT2D eigenvalue weighted by Crippen LogP contribution is 2.19. The van der Waals surface area contributed by atoms with E-state index in [9.17, 15) is 0 Å². The molecular formula is C16H36O4Si. The second-order valence-corrected chi connectivity index (χ2v) is 7.91. The quantitative estimate of drug-likeness (QED) is 0.312. The maximum absolute atomic E-state index is 6.03. The molecule has 0 saturated carbocycles. The van der Waals surface area contributed by atoms with Crippen LogP contribution in [0.1, 0.15) is 66.2 Å². The normalized spacial score (nSPS) is 12.0. The van der Waals surface area contributed by atoms with Gasteiger partial charge in [-0.1, -0.05) is 39.5 Å². The van der Waals surface area contributed by atoms with Crippen LogP contribution in [-0.4, -0.2) is 41.8 Å². The van der Waals surface area contributed by atoms with Gasteiger partial charge in [-0.25, -0.2) is 0 Å². The van der Waals surface area contributed by atoms with Crippen molar-refractivity contribution in [3.05, 3.63) is 0 Å². The maximum atomic E-state index is 6.03. The van der Waals surface area contributed by atoms with Crippen LogP contribution in [0, 0.1) is 0 Å². The van der Waals surface area contributed by atoms with Gasteiger partial charge in [-0.2, -0.15) is 0 Å². The first-order valence-electron chi connectivity index (χ1n) is 8.74. The fourth-order valence-electron chi connectivity index (χ4n) is 2.19. The van der Waals surface area contributed by atoms with Crippen molar-refractivity contribution < 1.29 is 18.0 Å². The molecule has 0 bridgehead atoms. The SMILES string of the molecule is CCCCCOCCO[Si](CCCCC)(OCC)OCC. The maximum Gasteiger partial charge on any atom is 0.501 e. The molecule has 0 fully saturated rings. The molecule has 0 aliphatic carbocycles. The van der Waals surface area contributed by atoms with Crippen LogP contribution >= 0.6 is 0 Å². The minimum atomic E-state index is -2.49. The van der Waals surface area contributed by atoms with E-state index in [1.165, 1.54) is 25.7 Å². The van der Waals surface area contributed by atoms with Gasteiger partial charge in [0.1, 0.15) is 0 Å². The highest BCUT2D eigenvalue weighted by atomic mass is 28.4. The van der Waals surface area contributed by atoms with E-state index in [0.29, 0.717) is 26.4 Å². The van der Waals surface area contributed by atoms with Gasteiger partial charge in [0, 0.05) is 25.9 Å². The molecule has 0 radical (unpaired) electrons. The second-order valence-electron chi connectivity index (χ2n) is 5.17. The minimum Gasteiger partial charge on any atom is -0.379 e. The van der Waals surface area contributed by atoms with E-state index in [0.717, 1.165) is 25.5 Å². The van der Waals surface area contributed by atoms with Crippen LogP contribution in [0.4, 0.5) is 0 Å². The molecule has 4 nitrogen and oxygen atoms in total. The van der Waals surface area contributed by atoms with Gasteiger partial charge in [0.15, 0.2) is 0 Å². The fraction of sp³-hybridized carbons (Fsp3) is 1.00. The smallest absolute Gasteiger partial charge is 0.379 e. The summed E-state index contributed by atoms with van der Waals surface area (Å²) in [5, 5.41) is 0. The third-order valence-corrected chi connectivity index (χ3v) is 6.32. The van der Waals surface area contributed by atoms with Crippen molar-refractivity contribution in [2.75, 3.05) is 33.0 Å². The van der Waals surface area contributed by atoms with Gasteiger partial charge < -0.3 is 18.0 Å². The van der Waals surface area contributed by atoms with Gasteiger partial charge in [0.25, 0.3) is 0 Å². The Morgan fingerprint density at radius 1 is 0.619 bits per heavy atom. The van der Waals surface area contributed by atoms with Crippen LogP contribution in [0.15, 0.2) is 0 Å². The zero-order valence-electron chi connectivity index (χ0n) is 14.6. The lowest BCUT2D eigenvalue weighted by molar-refractivity contribution is 0.0328. The highest BCUT2D eigenvalue weighted by molar-refractivity contribution is 6.60. The predicted octanol–water partition coefficient (Wildman–Crippen LogP) is 4.41. The summed E-state index contributed by atoms with van der Waals surface area (Å²) in [5.41, 5.74) is 0. The Labute approximate surface area is 132 Å². The zero-order chi connectivity index (χ0) is 15.8. The summed E-state index contributed by atoms with van der Waals surface area (Å²) in [4.78, 5) is 0. The van der Waals surface area contributed by atoms with Gasteiger partial charge in [-0.05, 0) is 26.7 Å². The number of hydrogen-bond acceptors (Lipinski definition) is 4. The fourth-order valence-corrected chi connectivity index (χ4v) is 4.83. The lowest BCUT2D eigenvalue weighted by atomic mass is 10.3. The van der Waals surface area contributed by atoms with Crippen molar-refractivity contribution in [3.63, 3.8) is 0 Å². The average molecular weight is 321 g/mol. The van der Waals surface area contributed by atoms with Crippen molar-refractivity contribution in [2.24, 2.45) is 0 Å². The summed E-state index contributed by atoms with van der Waals surface area (Å²) in [6.07, 6.45) is 7.10. The minimum absolute atomic E-state index is 0.574.